The molecule has 0 aliphatic rings. The van der Waals surface area contributed by atoms with Crippen LogP contribution in [0.15, 0.2) is 152 Å². The van der Waals surface area contributed by atoms with Gasteiger partial charge in [-0.05, 0) is 88.4 Å². The number of phenols is 1. The number of rotatable bonds is 4. The van der Waals surface area contributed by atoms with Crippen LogP contribution in [0.1, 0.15) is 58.2 Å². The Hall–Kier alpha value is -7.57. The van der Waals surface area contributed by atoms with Crippen LogP contribution in [0.5, 0.6) is 5.75 Å². The first-order chi connectivity index (χ1) is 30.9. The normalized spacial score (nSPS) is 12.7. The molecule has 6 nitrogen and oxygen atoms in total. The van der Waals surface area contributed by atoms with E-state index >= 15 is 0 Å². The molecule has 0 atom stereocenters. The zero-order valence-corrected chi connectivity index (χ0v) is 37.1. The van der Waals surface area contributed by atoms with E-state index in [1.54, 1.807) is 6.33 Å². The molecule has 4 aromatic heterocycles. The van der Waals surface area contributed by atoms with Gasteiger partial charge in [0.15, 0.2) is 0 Å². The van der Waals surface area contributed by atoms with Crippen molar-refractivity contribution in [2.24, 2.45) is 0 Å². The van der Waals surface area contributed by atoms with E-state index in [1.165, 1.54) is 10.8 Å². The largest absolute Gasteiger partial charge is 0.507 e. The first kappa shape index (κ1) is 38.1. The van der Waals surface area contributed by atoms with E-state index in [2.05, 4.69) is 203 Å². The summed E-state index contributed by atoms with van der Waals surface area (Å²) in [6, 6.07) is 52.2. The lowest BCUT2D eigenvalue weighted by Gasteiger charge is -2.27. The summed E-state index contributed by atoms with van der Waals surface area (Å²) in [4.78, 5) is 15.6. The van der Waals surface area contributed by atoms with Gasteiger partial charge in [0.2, 0.25) is 0 Å². The molecule has 0 unspecified atom stereocenters. The first-order valence-electron chi connectivity index (χ1n) is 22.2. The molecule has 12 rings (SSSR count). The summed E-state index contributed by atoms with van der Waals surface area (Å²) in [7, 11) is 0. The number of aryl methyl sites for hydroxylation is 1. The third-order valence-corrected chi connectivity index (χ3v) is 13.4. The van der Waals surface area contributed by atoms with Gasteiger partial charge in [-0.2, -0.15) is 0 Å². The summed E-state index contributed by atoms with van der Waals surface area (Å²) in [6.07, 6.45) is 1.70. The van der Waals surface area contributed by atoms with E-state index in [0.29, 0.717) is 11.4 Å². The number of benzene rings is 8. The Kier molecular flexibility index (Phi) is 8.02. The Bertz CT molecular complexity index is 3880. The molecule has 0 amide bonds. The van der Waals surface area contributed by atoms with Gasteiger partial charge in [0.1, 0.15) is 17.9 Å². The van der Waals surface area contributed by atoms with Crippen LogP contribution in [-0.4, -0.2) is 29.0 Å². The second kappa shape index (κ2) is 13.5. The van der Waals surface area contributed by atoms with E-state index in [0.717, 1.165) is 105 Å². The highest BCUT2D eigenvalue weighted by molar-refractivity contribution is 6.31. The summed E-state index contributed by atoms with van der Waals surface area (Å²) in [5, 5.41) is 19.3. The first-order valence-corrected chi connectivity index (χ1v) is 22.2. The Balaban J connectivity index is 1.24. The Morgan fingerprint density at radius 3 is 2.02 bits per heavy atom. The van der Waals surface area contributed by atoms with Crippen LogP contribution in [0.2, 0.25) is 0 Å². The fourth-order valence-electron chi connectivity index (χ4n) is 10.3. The zero-order chi connectivity index (χ0) is 43.8. The number of fused-ring (bicyclic) bond motifs is 9. The number of aromatic nitrogens is 5. The smallest absolute Gasteiger partial charge is 0.149 e. The van der Waals surface area contributed by atoms with Crippen LogP contribution < -0.4 is 0 Å². The minimum Gasteiger partial charge on any atom is -0.507 e. The molecule has 0 bridgehead atoms. The molecule has 12 aromatic rings. The lowest BCUT2D eigenvalue weighted by molar-refractivity contribution is 0.446. The van der Waals surface area contributed by atoms with Crippen molar-refractivity contribution in [1.29, 1.82) is 0 Å². The van der Waals surface area contributed by atoms with Crippen LogP contribution in [0, 0.1) is 6.92 Å². The highest BCUT2D eigenvalue weighted by Crippen LogP contribution is 2.48. The van der Waals surface area contributed by atoms with Crippen molar-refractivity contribution < 1.29 is 5.11 Å². The predicted octanol–water partition coefficient (Wildman–Crippen LogP) is 14.9. The summed E-state index contributed by atoms with van der Waals surface area (Å²) in [6.45, 7) is 15.3. The molecule has 0 radical (unpaired) electrons. The molecule has 0 aliphatic heterocycles. The molecule has 0 saturated heterocycles. The fourth-order valence-corrected chi connectivity index (χ4v) is 10.3. The van der Waals surface area contributed by atoms with Crippen molar-refractivity contribution in [2.75, 3.05) is 0 Å². The Morgan fingerprint density at radius 1 is 0.516 bits per heavy atom. The van der Waals surface area contributed by atoms with Gasteiger partial charge in [-0.15, -0.1) is 0 Å². The van der Waals surface area contributed by atoms with Crippen LogP contribution in [0.3, 0.4) is 0 Å². The molecule has 310 valence electrons. The van der Waals surface area contributed by atoms with E-state index < -0.39 is 0 Å². The summed E-state index contributed by atoms with van der Waals surface area (Å²) < 4.78 is 4.72. The average Bonchev–Trinajstić information content (AvgIpc) is 3.85. The lowest BCUT2D eigenvalue weighted by Crippen LogP contribution is -2.17. The molecule has 0 saturated carbocycles. The zero-order valence-electron chi connectivity index (χ0n) is 37.1. The highest BCUT2D eigenvalue weighted by Gasteiger charge is 2.30. The fraction of sp³-hybridized carbons (Fsp3) is 0.155. The molecule has 6 heteroatoms. The minimum atomic E-state index is -0.329. The Morgan fingerprint density at radius 2 is 1.23 bits per heavy atom. The van der Waals surface area contributed by atoms with Crippen LogP contribution in [-0.2, 0) is 10.8 Å². The van der Waals surface area contributed by atoms with Crippen molar-refractivity contribution in [3.8, 4) is 45.1 Å². The number of imidazole rings is 1. The molecular formula is C58H47N5O. The van der Waals surface area contributed by atoms with Gasteiger partial charge in [0, 0.05) is 38.2 Å². The van der Waals surface area contributed by atoms with Gasteiger partial charge in [0.05, 0.1) is 55.3 Å². The van der Waals surface area contributed by atoms with Crippen molar-refractivity contribution in [3.05, 3.63) is 169 Å². The number of pyridine rings is 1. The number of phenolic OH excluding ortho intramolecular Hbond substituents is 1. The van der Waals surface area contributed by atoms with Crippen LogP contribution >= 0.6 is 0 Å². The van der Waals surface area contributed by atoms with E-state index in [9.17, 15) is 5.11 Å². The molecular weight excluding hydrogens is 783 g/mol. The number of hydrogen-bond donors (Lipinski definition) is 1. The van der Waals surface area contributed by atoms with Crippen molar-refractivity contribution in [1.82, 2.24) is 23.9 Å². The second-order valence-electron chi connectivity index (χ2n) is 19.5. The van der Waals surface area contributed by atoms with Crippen LogP contribution in [0.4, 0.5) is 0 Å². The lowest BCUT2D eigenvalue weighted by atomic mass is 9.79. The Labute approximate surface area is 371 Å². The molecule has 64 heavy (non-hydrogen) atoms. The average molecular weight is 830 g/mol. The molecule has 0 fully saturated rings. The van der Waals surface area contributed by atoms with Crippen molar-refractivity contribution >= 4 is 70.9 Å². The molecule has 1 N–H and O–H groups in total. The standard InChI is InChI=1S/C58H47N5O/c1-33-24-27-48(41(28-33)34-16-9-8-10-17-34)62-49-23-15-21-38(51(49)61-56(62)44-29-35(57(2,3)4)30-45(55(44)64)58(5,6)7)42-31-43-52-50-46(59-32-60-52)26-25-40-37-19-13-14-22-47(37)63(54(40)50)53(43)39-20-12-11-18-36(39)42/h8-32,64H,1-7H3. The summed E-state index contributed by atoms with van der Waals surface area (Å²) in [5.74, 6) is 0.940. The number of para-hydroxylation sites is 2. The SMILES string of the molecule is Cc1ccc(-n2c(-c3cc(C(C)(C)C)cc(C(C)(C)C)c3O)nc3c(-c4cc5c6ncnc7ccc8c9ccccc9n(c5c5ccccc45)c8c76)cccc32)c(-c2ccccc2)c1. The molecule has 0 spiro atoms. The summed E-state index contributed by atoms with van der Waals surface area (Å²) in [5.41, 5.74) is 15.7. The van der Waals surface area contributed by atoms with E-state index in [4.69, 9.17) is 15.0 Å². The number of hydrogen-bond acceptors (Lipinski definition) is 4. The molecule has 8 aromatic carbocycles. The van der Waals surface area contributed by atoms with Crippen molar-refractivity contribution in [3.63, 3.8) is 0 Å². The van der Waals surface area contributed by atoms with Crippen LogP contribution in [0.25, 0.3) is 110 Å². The monoisotopic (exact) mass is 829 g/mol. The predicted molar refractivity (Wildman–Crippen MR) is 266 cm³/mol. The number of nitrogens with zero attached hydrogens (tertiary/aromatic N) is 5. The topological polar surface area (TPSA) is 68.2 Å². The van der Waals surface area contributed by atoms with E-state index in [-0.39, 0.29) is 16.6 Å². The maximum Gasteiger partial charge on any atom is 0.149 e. The quantitative estimate of drug-likeness (QED) is 0.142. The maximum absolute atomic E-state index is 12.6. The molecule has 4 heterocycles. The number of aromatic hydroxyl groups is 1. The van der Waals surface area contributed by atoms with Gasteiger partial charge in [0.25, 0.3) is 0 Å². The van der Waals surface area contributed by atoms with E-state index in [1.807, 2.05) is 0 Å². The third-order valence-electron chi connectivity index (χ3n) is 13.4. The summed E-state index contributed by atoms with van der Waals surface area (Å²) >= 11 is 0. The second-order valence-corrected chi connectivity index (χ2v) is 19.5. The van der Waals surface area contributed by atoms with Gasteiger partial charge in [-0.3, -0.25) is 4.57 Å². The minimum absolute atomic E-state index is 0.187. The van der Waals surface area contributed by atoms with Gasteiger partial charge in [-0.1, -0.05) is 144 Å². The van der Waals surface area contributed by atoms with Crippen molar-refractivity contribution in [2.45, 2.75) is 59.3 Å². The highest BCUT2D eigenvalue weighted by atomic mass is 16.3. The molecule has 0 aliphatic carbocycles. The maximum atomic E-state index is 12.6. The third kappa shape index (κ3) is 5.48. The van der Waals surface area contributed by atoms with Gasteiger partial charge >= 0.3 is 0 Å². The van der Waals surface area contributed by atoms with Gasteiger partial charge in [-0.25, -0.2) is 15.0 Å². The van der Waals surface area contributed by atoms with Gasteiger partial charge < -0.3 is 9.51 Å².